The van der Waals surface area contributed by atoms with Crippen LogP contribution >= 0.6 is 0 Å². The van der Waals surface area contributed by atoms with E-state index in [2.05, 4.69) is 47.8 Å². The zero-order chi connectivity index (χ0) is 17.1. The highest BCUT2D eigenvalue weighted by atomic mass is 16.5. The van der Waals surface area contributed by atoms with Crippen LogP contribution in [0.2, 0.25) is 0 Å². The minimum absolute atomic E-state index is 0.571. The lowest BCUT2D eigenvalue weighted by Crippen LogP contribution is -2.60. The molecule has 0 bridgehead atoms. The first-order chi connectivity index (χ1) is 11.6. The van der Waals surface area contributed by atoms with Gasteiger partial charge in [0.15, 0.2) is 0 Å². The van der Waals surface area contributed by atoms with Gasteiger partial charge in [-0.05, 0) is 40.8 Å². The molecule has 1 aliphatic rings. The van der Waals surface area contributed by atoms with E-state index in [0.717, 1.165) is 37.4 Å². The summed E-state index contributed by atoms with van der Waals surface area (Å²) in [6.07, 6.45) is 1.88. The molecule has 5 nitrogen and oxygen atoms in total. The second kappa shape index (κ2) is 7.45. The van der Waals surface area contributed by atoms with Crippen molar-refractivity contribution in [1.29, 1.82) is 0 Å². The maximum absolute atomic E-state index is 5.41. The number of hydrogen-bond acceptors (Lipinski definition) is 5. The molecule has 5 heteroatoms. The van der Waals surface area contributed by atoms with Crippen molar-refractivity contribution in [3.8, 4) is 11.4 Å². The summed E-state index contributed by atoms with van der Waals surface area (Å²) in [5.74, 6) is 1.41. The second-order valence-corrected chi connectivity index (χ2v) is 6.99. The molecule has 0 aliphatic carbocycles. The van der Waals surface area contributed by atoms with Crippen LogP contribution in [-0.4, -0.2) is 58.2 Å². The Kier molecular flexibility index (Phi) is 5.31. The van der Waals surface area contributed by atoms with Gasteiger partial charge in [0.05, 0.1) is 0 Å². The van der Waals surface area contributed by atoms with E-state index in [4.69, 9.17) is 4.52 Å². The van der Waals surface area contributed by atoms with Crippen molar-refractivity contribution in [2.75, 3.05) is 20.1 Å². The number of hydrogen-bond donors (Lipinski definition) is 0. The van der Waals surface area contributed by atoms with Crippen LogP contribution in [0.1, 0.15) is 33.1 Å². The molecule has 0 N–H and O–H groups in total. The van der Waals surface area contributed by atoms with Crippen LogP contribution in [0.4, 0.5) is 0 Å². The van der Waals surface area contributed by atoms with Crippen LogP contribution in [0.25, 0.3) is 11.4 Å². The van der Waals surface area contributed by atoms with Gasteiger partial charge in [0.1, 0.15) is 0 Å². The summed E-state index contributed by atoms with van der Waals surface area (Å²) in [6, 6.07) is 11.7. The standard InChI is InChI=1S/C19H28N4O/c1-14-13-22(4)15(2)16(3)23(14)12-8-11-18-20-19(21-24-18)17-9-6-5-7-10-17/h5-7,9-10,14-16H,8,11-13H2,1-4H3. The van der Waals surface area contributed by atoms with Crippen molar-refractivity contribution in [2.45, 2.75) is 51.7 Å². The van der Waals surface area contributed by atoms with Crippen LogP contribution in [0.5, 0.6) is 0 Å². The lowest BCUT2D eigenvalue weighted by Gasteiger charge is -2.47. The third-order valence-electron chi connectivity index (χ3n) is 5.34. The average molecular weight is 328 g/mol. The molecular weight excluding hydrogens is 300 g/mol. The molecule has 3 atom stereocenters. The van der Waals surface area contributed by atoms with Gasteiger partial charge in [0, 0.05) is 36.7 Å². The molecule has 0 saturated carbocycles. The predicted octanol–water partition coefficient (Wildman–Crippen LogP) is 3.08. The van der Waals surface area contributed by atoms with Crippen molar-refractivity contribution in [3.05, 3.63) is 36.2 Å². The molecule has 3 unspecified atom stereocenters. The van der Waals surface area contributed by atoms with Gasteiger partial charge in [-0.15, -0.1) is 0 Å². The van der Waals surface area contributed by atoms with E-state index in [0.29, 0.717) is 23.9 Å². The normalized spacial score (nSPS) is 25.9. The summed E-state index contributed by atoms with van der Waals surface area (Å²) >= 11 is 0. The first-order valence-corrected chi connectivity index (χ1v) is 8.90. The van der Waals surface area contributed by atoms with Crippen molar-refractivity contribution in [3.63, 3.8) is 0 Å². The Morgan fingerprint density at radius 2 is 1.88 bits per heavy atom. The molecule has 3 rings (SSSR count). The molecule has 0 amide bonds. The minimum atomic E-state index is 0.571. The van der Waals surface area contributed by atoms with Crippen LogP contribution in [0, 0.1) is 0 Å². The van der Waals surface area contributed by atoms with Gasteiger partial charge in [0.25, 0.3) is 0 Å². The predicted molar refractivity (Wildman–Crippen MR) is 95.8 cm³/mol. The van der Waals surface area contributed by atoms with Crippen molar-refractivity contribution >= 4 is 0 Å². The van der Waals surface area contributed by atoms with Gasteiger partial charge in [-0.25, -0.2) is 0 Å². The van der Waals surface area contributed by atoms with E-state index >= 15 is 0 Å². The molecule has 1 saturated heterocycles. The fourth-order valence-corrected chi connectivity index (χ4v) is 3.63. The van der Waals surface area contributed by atoms with Gasteiger partial charge >= 0.3 is 0 Å². The van der Waals surface area contributed by atoms with Crippen molar-refractivity contribution in [2.24, 2.45) is 0 Å². The van der Waals surface area contributed by atoms with Gasteiger partial charge < -0.3 is 9.42 Å². The fourth-order valence-electron chi connectivity index (χ4n) is 3.63. The van der Waals surface area contributed by atoms with Crippen LogP contribution in [-0.2, 0) is 6.42 Å². The largest absolute Gasteiger partial charge is 0.339 e. The monoisotopic (exact) mass is 328 g/mol. The number of aromatic nitrogens is 2. The Bertz CT molecular complexity index is 642. The maximum atomic E-state index is 5.41. The van der Waals surface area contributed by atoms with E-state index in [9.17, 15) is 0 Å². The molecule has 1 aromatic carbocycles. The van der Waals surface area contributed by atoms with E-state index in [1.165, 1.54) is 0 Å². The molecule has 1 fully saturated rings. The Morgan fingerprint density at radius 3 is 2.62 bits per heavy atom. The molecule has 0 radical (unpaired) electrons. The van der Waals surface area contributed by atoms with Gasteiger partial charge in [-0.3, -0.25) is 4.90 Å². The number of nitrogens with zero attached hydrogens (tertiary/aromatic N) is 4. The average Bonchev–Trinajstić information content (AvgIpc) is 3.06. The summed E-state index contributed by atoms with van der Waals surface area (Å²) in [4.78, 5) is 9.59. The number of aryl methyl sites for hydroxylation is 1. The van der Waals surface area contributed by atoms with E-state index in [1.807, 2.05) is 30.3 Å². The van der Waals surface area contributed by atoms with Crippen molar-refractivity contribution < 1.29 is 4.52 Å². The maximum Gasteiger partial charge on any atom is 0.227 e. The van der Waals surface area contributed by atoms with Gasteiger partial charge in [-0.2, -0.15) is 4.98 Å². The molecule has 1 aromatic heterocycles. The van der Waals surface area contributed by atoms with Crippen LogP contribution in [0.3, 0.4) is 0 Å². The Balaban J connectivity index is 1.54. The highest BCUT2D eigenvalue weighted by molar-refractivity contribution is 5.53. The number of rotatable bonds is 5. The highest BCUT2D eigenvalue weighted by Gasteiger charge is 2.32. The Morgan fingerprint density at radius 1 is 1.12 bits per heavy atom. The summed E-state index contributed by atoms with van der Waals surface area (Å²) in [5, 5.41) is 4.10. The summed E-state index contributed by atoms with van der Waals surface area (Å²) in [7, 11) is 2.22. The SMILES string of the molecule is CC1C(C)N(CCCc2nc(-c3ccccc3)no2)C(C)CN1C. The fraction of sp³-hybridized carbons (Fsp3) is 0.579. The van der Waals surface area contributed by atoms with Crippen LogP contribution < -0.4 is 0 Å². The molecule has 24 heavy (non-hydrogen) atoms. The minimum Gasteiger partial charge on any atom is -0.339 e. The number of piperazine rings is 1. The quantitative estimate of drug-likeness (QED) is 0.844. The number of likely N-dealkylation sites (N-methyl/N-ethyl adjacent to an activating group) is 1. The molecule has 2 aromatic rings. The van der Waals surface area contributed by atoms with Gasteiger partial charge in [-0.1, -0.05) is 35.5 Å². The topological polar surface area (TPSA) is 45.4 Å². The molecular formula is C19H28N4O. The first-order valence-electron chi connectivity index (χ1n) is 8.90. The van der Waals surface area contributed by atoms with E-state index in [-0.39, 0.29) is 0 Å². The Labute approximate surface area is 144 Å². The number of benzene rings is 1. The highest BCUT2D eigenvalue weighted by Crippen LogP contribution is 2.21. The zero-order valence-electron chi connectivity index (χ0n) is 15.1. The zero-order valence-corrected chi connectivity index (χ0v) is 15.1. The summed E-state index contributed by atoms with van der Waals surface area (Å²) in [6.45, 7) is 9.16. The lowest BCUT2D eigenvalue weighted by atomic mass is 10.0. The first kappa shape index (κ1) is 17.1. The lowest BCUT2D eigenvalue weighted by molar-refractivity contribution is 0.0114. The van der Waals surface area contributed by atoms with Crippen LogP contribution in [0.15, 0.2) is 34.9 Å². The third kappa shape index (κ3) is 3.68. The summed E-state index contributed by atoms with van der Waals surface area (Å²) < 4.78 is 5.41. The second-order valence-electron chi connectivity index (χ2n) is 6.99. The summed E-state index contributed by atoms with van der Waals surface area (Å²) in [5.41, 5.74) is 1.00. The third-order valence-corrected chi connectivity index (χ3v) is 5.34. The van der Waals surface area contributed by atoms with E-state index < -0.39 is 0 Å². The molecule has 1 aliphatic heterocycles. The molecule has 0 spiro atoms. The van der Waals surface area contributed by atoms with Crippen molar-refractivity contribution in [1.82, 2.24) is 19.9 Å². The molecule has 2 heterocycles. The Hall–Kier alpha value is -1.72. The smallest absolute Gasteiger partial charge is 0.227 e. The van der Waals surface area contributed by atoms with Gasteiger partial charge in [0.2, 0.25) is 11.7 Å². The van der Waals surface area contributed by atoms with E-state index in [1.54, 1.807) is 0 Å². The molecule has 130 valence electrons.